The normalized spacial score (nSPS) is 20.1. The Morgan fingerprint density at radius 1 is 1.27 bits per heavy atom. The van der Waals surface area contributed by atoms with Crippen LogP contribution in [0.4, 0.5) is 0 Å². The Balaban J connectivity index is 1.82. The Kier molecular flexibility index (Phi) is 8.00. The zero-order valence-corrected chi connectivity index (χ0v) is 16.0. The highest BCUT2D eigenvalue weighted by Crippen LogP contribution is 2.31. The number of benzene rings is 1. The molecule has 1 saturated heterocycles. The van der Waals surface area contributed by atoms with E-state index < -0.39 is 0 Å². The molecule has 0 bridgehead atoms. The second-order valence-corrected chi connectivity index (χ2v) is 6.57. The van der Waals surface area contributed by atoms with Crippen LogP contribution >= 0.6 is 0 Å². The van der Waals surface area contributed by atoms with Crippen LogP contribution in [0.3, 0.4) is 0 Å². The monoisotopic (exact) mass is 365 g/mol. The number of nitrogens with zero attached hydrogens (tertiary/aromatic N) is 1. The number of nitrogens with one attached hydrogen (secondary N) is 2. The molecule has 1 aliphatic rings. The van der Waals surface area contributed by atoms with Gasteiger partial charge < -0.3 is 30.0 Å². The van der Waals surface area contributed by atoms with Gasteiger partial charge in [0.25, 0.3) is 0 Å². The van der Waals surface area contributed by atoms with Crippen molar-refractivity contribution in [1.82, 2.24) is 10.6 Å². The molecule has 1 unspecified atom stereocenters. The molecule has 7 heteroatoms. The molecule has 3 N–H and O–H groups in total. The minimum atomic E-state index is -0.00425. The summed E-state index contributed by atoms with van der Waals surface area (Å²) in [7, 11) is 5.03. The number of rotatable bonds is 9. The molecule has 0 aromatic heterocycles. The summed E-state index contributed by atoms with van der Waals surface area (Å²) in [5.74, 6) is 2.23. The van der Waals surface area contributed by atoms with Crippen LogP contribution in [0.25, 0.3) is 0 Å². The third kappa shape index (κ3) is 5.51. The highest BCUT2D eigenvalue weighted by Gasteiger charge is 2.34. The summed E-state index contributed by atoms with van der Waals surface area (Å²) in [5, 5.41) is 16.0. The van der Waals surface area contributed by atoms with Gasteiger partial charge in [-0.2, -0.15) is 0 Å². The van der Waals surface area contributed by atoms with Gasteiger partial charge in [-0.1, -0.05) is 6.07 Å². The van der Waals surface area contributed by atoms with Crippen molar-refractivity contribution in [1.29, 1.82) is 0 Å². The Hall–Kier alpha value is -1.99. The molecule has 1 heterocycles. The summed E-state index contributed by atoms with van der Waals surface area (Å²) in [4.78, 5) is 4.28. The van der Waals surface area contributed by atoms with Gasteiger partial charge in [-0.15, -0.1) is 0 Å². The van der Waals surface area contributed by atoms with Gasteiger partial charge in [0.2, 0.25) is 0 Å². The number of aliphatic hydroxyl groups excluding tert-OH is 1. The topological polar surface area (TPSA) is 84.3 Å². The van der Waals surface area contributed by atoms with Gasteiger partial charge in [-0.3, -0.25) is 4.99 Å². The lowest BCUT2D eigenvalue weighted by molar-refractivity contribution is 0.127. The zero-order chi connectivity index (χ0) is 18.8. The largest absolute Gasteiger partial charge is 0.493 e. The molecule has 0 amide bonds. The minimum absolute atomic E-state index is 0.00425. The maximum Gasteiger partial charge on any atom is 0.191 e. The Morgan fingerprint density at radius 3 is 2.69 bits per heavy atom. The number of hydrogen-bond acceptors (Lipinski definition) is 5. The molecule has 0 saturated carbocycles. The standard InChI is InChI=1S/C19H31N3O4/c1-20-18(22-13-19(7-10-23)8-11-26-14-19)21-9-6-15-4-5-16(24-2)17(12-15)25-3/h4-5,12,23H,6-11,13-14H2,1-3H3,(H2,20,21,22). The molecule has 0 aliphatic carbocycles. The first-order valence-corrected chi connectivity index (χ1v) is 9.00. The lowest BCUT2D eigenvalue weighted by Crippen LogP contribution is -2.45. The molecule has 1 atom stereocenters. The van der Waals surface area contributed by atoms with E-state index in [1.807, 2.05) is 18.2 Å². The first-order valence-electron chi connectivity index (χ1n) is 9.00. The van der Waals surface area contributed by atoms with Gasteiger partial charge in [0, 0.05) is 38.8 Å². The average molecular weight is 365 g/mol. The van der Waals surface area contributed by atoms with E-state index in [-0.39, 0.29) is 12.0 Å². The molecule has 146 valence electrons. The third-order valence-electron chi connectivity index (χ3n) is 4.84. The third-order valence-corrected chi connectivity index (χ3v) is 4.84. The van der Waals surface area contributed by atoms with Crippen LogP contribution in [0.5, 0.6) is 11.5 Å². The number of hydrogen-bond donors (Lipinski definition) is 3. The van der Waals surface area contributed by atoms with Gasteiger partial charge in [-0.05, 0) is 37.0 Å². The molecule has 7 nitrogen and oxygen atoms in total. The second-order valence-electron chi connectivity index (χ2n) is 6.57. The molecule has 2 rings (SSSR count). The molecule has 0 radical (unpaired) electrons. The highest BCUT2D eigenvalue weighted by atomic mass is 16.5. The predicted octanol–water partition coefficient (Wildman–Crippen LogP) is 1.20. The Bertz CT molecular complexity index is 586. The van der Waals surface area contributed by atoms with Crippen LogP contribution in [0.1, 0.15) is 18.4 Å². The SMILES string of the molecule is CN=C(NCCc1ccc(OC)c(OC)c1)NCC1(CCO)CCOC1. The van der Waals surface area contributed by atoms with Crippen LogP contribution in [-0.2, 0) is 11.2 Å². The minimum Gasteiger partial charge on any atom is -0.493 e. The zero-order valence-electron chi connectivity index (χ0n) is 16.0. The molecule has 1 aromatic rings. The van der Waals surface area contributed by atoms with E-state index in [1.54, 1.807) is 21.3 Å². The number of ether oxygens (including phenoxy) is 3. The molecule has 0 spiro atoms. The number of guanidine groups is 1. The number of aliphatic imine (C=N–C) groups is 1. The van der Waals surface area contributed by atoms with Gasteiger partial charge in [0.05, 0.1) is 20.8 Å². The van der Waals surface area contributed by atoms with E-state index in [0.29, 0.717) is 6.61 Å². The molecule has 1 aliphatic heterocycles. The first-order chi connectivity index (χ1) is 12.7. The fourth-order valence-electron chi connectivity index (χ4n) is 3.16. The summed E-state index contributed by atoms with van der Waals surface area (Å²) in [6, 6.07) is 5.94. The van der Waals surface area contributed by atoms with E-state index in [1.165, 1.54) is 0 Å². The predicted molar refractivity (Wildman–Crippen MR) is 102 cm³/mol. The summed E-state index contributed by atoms with van der Waals surface area (Å²) >= 11 is 0. The first kappa shape index (κ1) is 20.3. The van der Waals surface area contributed by atoms with Crippen LogP contribution < -0.4 is 20.1 Å². The Labute approximate surface area is 155 Å². The fraction of sp³-hybridized carbons (Fsp3) is 0.632. The molecule has 26 heavy (non-hydrogen) atoms. The molecular formula is C19H31N3O4. The van der Waals surface area contributed by atoms with Crippen molar-refractivity contribution in [2.75, 3.05) is 54.2 Å². The average Bonchev–Trinajstić information content (AvgIpc) is 3.13. The van der Waals surface area contributed by atoms with Crippen LogP contribution in [0.2, 0.25) is 0 Å². The van der Waals surface area contributed by atoms with Gasteiger partial charge in [0.15, 0.2) is 17.5 Å². The van der Waals surface area contributed by atoms with Crippen molar-refractivity contribution in [3.8, 4) is 11.5 Å². The van der Waals surface area contributed by atoms with Crippen molar-refractivity contribution >= 4 is 5.96 Å². The van der Waals surface area contributed by atoms with Crippen LogP contribution in [0, 0.1) is 5.41 Å². The summed E-state index contributed by atoms with van der Waals surface area (Å²) in [6.07, 6.45) is 2.54. The van der Waals surface area contributed by atoms with E-state index in [2.05, 4.69) is 15.6 Å². The van der Waals surface area contributed by atoms with E-state index in [4.69, 9.17) is 14.2 Å². The van der Waals surface area contributed by atoms with Gasteiger partial charge in [-0.25, -0.2) is 0 Å². The van der Waals surface area contributed by atoms with Crippen molar-refractivity contribution in [3.63, 3.8) is 0 Å². The van der Waals surface area contributed by atoms with Gasteiger partial charge >= 0.3 is 0 Å². The van der Waals surface area contributed by atoms with E-state index >= 15 is 0 Å². The lowest BCUT2D eigenvalue weighted by atomic mass is 9.84. The highest BCUT2D eigenvalue weighted by molar-refractivity contribution is 5.79. The van der Waals surface area contributed by atoms with Crippen LogP contribution in [0.15, 0.2) is 23.2 Å². The maximum absolute atomic E-state index is 9.31. The van der Waals surface area contributed by atoms with Crippen molar-refractivity contribution < 1.29 is 19.3 Å². The quantitative estimate of drug-likeness (QED) is 0.450. The maximum atomic E-state index is 9.31. The fourth-order valence-corrected chi connectivity index (χ4v) is 3.16. The van der Waals surface area contributed by atoms with E-state index in [0.717, 1.165) is 62.0 Å². The molecule has 1 aromatic carbocycles. The van der Waals surface area contributed by atoms with E-state index in [9.17, 15) is 5.11 Å². The number of methoxy groups -OCH3 is 2. The summed E-state index contributed by atoms with van der Waals surface area (Å²) < 4.78 is 16.1. The summed E-state index contributed by atoms with van der Waals surface area (Å²) in [6.45, 7) is 3.11. The molecular weight excluding hydrogens is 334 g/mol. The second kappa shape index (κ2) is 10.2. The smallest absolute Gasteiger partial charge is 0.191 e. The van der Waals surface area contributed by atoms with Crippen molar-refractivity contribution in [2.45, 2.75) is 19.3 Å². The Morgan fingerprint density at radius 2 is 2.08 bits per heavy atom. The van der Waals surface area contributed by atoms with Crippen LogP contribution in [-0.4, -0.2) is 65.2 Å². The van der Waals surface area contributed by atoms with Crippen molar-refractivity contribution in [3.05, 3.63) is 23.8 Å². The lowest BCUT2D eigenvalue weighted by Gasteiger charge is -2.27. The molecule has 1 fully saturated rings. The van der Waals surface area contributed by atoms with Gasteiger partial charge in [0.1, 0.15) is 0 Å². The summed E-state index contributed by atoms with van der Waals surface area (Å²) in [5.41, 5.74) is 1.15. The van der Waals surface area contributed by atoms with Crippen molar-refractivity contribution in [2.24, 2.45) is 10.4 Å². The number of aliphatic hydroxyl groups is 1.